The van der Waals surface area contributed by atoms with Gasteiger partial charge < -0.3 is 17.0 Å². The highest BCUT2D eigenvalue weighted by molar-refractivity contribution is 5.95. The Morgan fingerprint density at radius 3 is 2.53 bits per heavy atom. The summed E-state index contributed by atoms with van der Waals surface area (Å²) >= 11 is 0. The van der Waals surface area contributed by atoms with Crippen molar-refractivity contribution in [2.45, 2.75) is 6.54 Å². The van der Waals surface area contributed by atoms with Gasteiger partial charge in [0.1, 0.15) is 6.20 Å². The minimum atomic E-state index is -0.496. The number of carbonyl (C=O) groups excluding carboxylic acids is 1. The van der Waals surface area contributed by atoms with E-state index in [4.69, 9.17) is 0 Å². The predicted octanol–water partition coefficient (Wildman–Crippen LogP) is -1.84. The summed E-state index contributed by atoms with van der Waals surface area (Å²) in [6.45, 7) is 0.158. The van der Waals surface area contributed by atoms with Crippen LogP contribution < -0.4 is 21.5 Å². The van der Waals surface area contributed by atoms with Gasteiger partial charge >= 0.3 is 0 Å². The van der Waals surface area contributed by atoms with Gasteiger partial charge in [0.25, 0.3) is 12.0 Å². The Morgan fingerprint density at radius 1 is 1.32 bits per heavy atom. The van der Waals surface area contributed by atoms with Crippen LogP contribution in [0.2, 0.25) is 0 Å². The van der Waals surface area contributed by atoms with Crippen LogP contribution in [-0.2, 0) is 6.54 Å². The highest BCUT2D eigenvalue weighted by Gasteiger charge is 2.11. The summed E-state index contributed by atoms with van der Waals surface area (Å²) in [5.41, 5.74) is 0.414. The van der Waals surface area contributed by atoms with Crippen LogP contribution in [0.25, 0.3) is 0 Å². The Morgan fingerprint density at radius 2 is 2.00 bits per heavy atom. The van der Waals surface area contributed by atoms with Gasteiger partial charge in [-0.25, -0.2) is 4.57 Å². The molecule has 0 aliphatic rings. The molecule has 2 aromatic rings. The van der Waals surface area contributed by atoms with Crippen LogP contribution in [0.15, 0.2) is 49.1 Å². The molecule has 0 atom stereocenters. The van der Waals surface area contributed by atoms with Crippen molar-refractivity contribution < 1.29 is 31.3 Å². The van der Waals surface area contributed by atoms with E-state index in [0.29, 0.717) is 5.56 Å². The molecule has 0 aliphatic heterocycles. The van der Waals surface area contributed by atoms with Crippen LogP contribution in [-0.4, -0.2) is 15.7 Å². The van der Waals surface area contributed by atoms with E-state index in [2.05, 4.69) is 4.98 Å². The number of carbonyl (C=O) groups is 1. The smallest absolute Gasteiger partial charge is 0.286 e. The molecule has 19 heavy (non-hydrogen) atoms. The Hall–Kier alpha value is -2.15. The molecule has 0 unspecified atom stereocenters. The van der Waals surface area contributed by atoms with Crippen LogP contribution in [0.1, 0.15) is 10.4 Å². The summed E-state index contributed by atoms with van der Waals surface area (Å²) in [7, 11) is 0. The van der Waals surface area contributed by atoms with Crippen molar-refractivity contribution in [1.29, 1.82) is 0 Å². The van der Waals surface area contributed by atoms with Gasteiger partial charge in [-0.05, 0) is 12.1 Å². The largest absolute Gasteiger partial charge is 1.00 e. The van der Waals surface area contributed by atoms with Crippen LogP contribution in [0.5, 0.6) is 0 Å². The molecule has 7 heteroatoms. The molecule has 0 fully saturated rings. The third-order valence-corrected chi connectivity index (χ3v) is 2.39. The minimum Gasteiger partial charge on any atom is -1.00 e. The van der Waals surface area contributed by atoms with E-state index >= 15 is 0 Å². The molecule has 0 saturated heterocycles. The fraction of sp³-hybridized carbons (Fsp3) is 0.0833. The molecule has 2 rings (SSSR count). The van der Waals surface area contributed by atoms with Crippen LogP contribution >= 0.6 is 0 Å². The number of benzene rings is 1. The fourth-order valence-corrected chi connectivity index (χ4v) is 1.48. The quantitative estimate of drug-likeness (QED) is 0.287. The predicted molar refractivity (Wildman–Crippen MR) is 61.9 cm³/mol. The number of nitro benzene ring substituents is 1. The molecule has 0 amide bonds. The maximum atomic E-state index is 11.9. The van der Waals surface area contributed by atoms with Crippen LogP contribution in [0.4, 0.5) is 5.69 Å². The van der Waals surface area contributed by atoms with Gasteiger partial charge in [0.15, 0.2) is 6.54 Å². The second-order valence-corrected chi connectivity index (χ2v) is 3.65. The molecule has 0 spiro atoms. The van der Waals surface area contributed by atoms with Gasteiger partial charge in [0.2, 0.25) is 5.78 Å². The molecule has 0 bridgehead atoms. The van der Waals surface area contributed by atoms with Crippen molar-refractivity contribution in [2.75, 3.05) is 0 Å². The Kier molecular flexibility index (Phi) is 5.25. The van der Waals surface area contributed by atoms with Crippen molar-refractivity contribution in [3.63, 3.8) is 0 Å². The number of hydrogen-bond acceptors (Lipinski definition) is 4. The molecule has 1 heterocycles. The standard InChI is InChI=1S/C12H10N3O3.BrH/c16-12(8-14-7-1-6-13-9-14)10-2-4-11(5-3-10)15(17)18;/h1-7,9H,8H2;1H/q+1;/p-1. The number of nitro groups is 1. The number of nitrogens with zero attached hydrogens (tertiary/aromatic N) is 3. The van der Waals surface area contributed by atoms with Gasteiger partial charge in [0.05, 0.1) is 11.1 Å². The van der Waals surface area contributed by atoms with Crippen molar-refractivity contribution in [1.82, 2.24) is 4.98 Å². The van der Waals surface area contributed by atoms with Crippen molar-refractivity contribution in [2.24, 2.45) is 0 Å². The topological polar surface area (TPSA) is 77.0 Å². The summed E-state index contributed by atoms with van der Waals surface area (Å²) in [4.78, 5) is 25.8. The molecule has 98 valence electrons. The summed E-state index contributed by atoms with van der Waals surface area (Å²) in [5.74, 6) is -0.122. The molecule has 0 radical (unpaired) electrons. The number of rotatable bonds is 4. The highest BCUT2D eigenvalue weighted by Crippen LogP contribution is 2.12. The van der Waals surface area contributed by atoms with E-state index in [1.807, 2.05) is 0 Å². The second kappa shape index (κ2) is 6.69. The van der Waals surface area contributed by atoms with E-state index < -0.39 is 4.92 Å². The number of aromatic nitrogens is 2. The molecule has 0 N–H and O–H groups in total. The zero-order valence-corrected chi connectivity index (χ0v) is 11.4. The van der Waals surface area contributed by atoms with Gasteiger partial charge in [-0.2, -0.15) is 0 Å². The van der Waals surface area contributed by atoms with E-state index in [1.165, 1.54) is 24.3 Å². The molecular formula is C12H10BrN3O3. The molecule has 0 saturated carbocycles. The third-order valence-electron chi connectivity index (χ3n) is 2.39. The Balaban J connectivity index is 0.00000180. The Labute approximate surface area is 119 Å². The number of hydrogen-bond donors (Lipinski definition) is 0. The highest BCUT2D eigenvalue weighted by atomic mass is 79.9. The zero-order valence-electron chi connectivity index (χ0n) is 9.77. The van der Waals surface area contributed by atoms with Gasteiger partial charge in [-0.3, -0.25) is 14.9 Å². The van der Waals surface area contributed by atoms with Gasteiger partial charge in [0, 0.05) is 23.8 Å². The SMILES string of the molecule is O=C(C[n+]1cccnc1)c1ccc([N+](=O)[O-])cc1.[Br-]. The van der Waals surface area contributed by atoms with E-state index in [9.17, 15) is 14.9 Å². The maximum Gasteiger partial charge on any atom is 0.286 e. The van der Waals surface area contributed by atoms with Gasteiger partial charge in [-0.1, -0.05) is 4.98 Å². The van der Waals surface area contributed by atoms with Crippen molar-refractivity contribution in [3.8, 4) is 0 Å². The molecule has 1 aromatic heterocycles. The molecular weight excluding hydrogens is 314 g/mol. The number of Topliss-reactive ketones (excluding diaryl/α,β-unsaturated/α-hetero) is 1. The lowest BCUT2D eigenvalue weighted by Gasteiger charge is -1.99. The molecule has 0 aliphatic carbocycles. The number of ketones is 1. The summed E-state index contributed by atoms with van der Waals surface area (Å²) < 4.78 is 1.64. The van der Waals surface area contributed by atoms with E-state index in [-0.39, 0.29) is 35.0 Å². The zero-order chi connectivity index (χ0) is 13.0. The average Bonchev–Trinajstić information content (AvgIpc) is 2.40. The monoisotopic (exact) mass is 323 g/mol. The van der Waals surface area contributed by atoms with Crippen LogP contribution in [0, 0.1) is 10.1 Å². The molecule has 6 nitrogen and oxygen atoms in total. The molecule has 1 aromatic carbocycles. The number of non-ortho nitro benzene ring substituents is 1. The second-order valence-electron chi connectivity index (χ2n) is 3.65. The van der Waals surface area contributed by atoms with E-state index in [0.717, 1.165) is 0 Å². The summed E-state index contributed by atoms with van der Waals surface area (Å²) in [6.07, 6.45) is 4.90. The first kappa shape index (κ1) is 14.9. The first-order valence-electron chi connectivity index (χ1n) is 5.23. The maximum absolute atomic E-state index is 11.9. The first-order valence-corrected chi connectivity index (χ1v) is 5.23. The van der Waals surface area contributed by atoms with E-state index in [1.54, 1.807) is 29.4 Å². The summed E-state index contributed by atoms with van der Waals surface area (Å²) in [6, 6.07) is 7.28. The lowest BCUT2D eigenvalue weighted by molar-refractivity contribution is -0.686. The Bertz CT molecular complexity index is 573. The normalized spacial score (nSPS) is 9.47. The average molecular weight is 324 g/mol. The lowest BCUT2D eigenvalue weighted by atomic mass is 10.1. The lowest BCUT2D eigenvalue weighted by Crippen LogP contribution is -3.00. The van der Waals surface area contributed by atoms with Crippen molar-refractivity contribution >= 4 is 11.5 Å². The number of halogens is 1. The van der Waals surface area contributed by atoms with Gasteiger partial charge in [-0.15, -0.1) is 0 Å². The van der Waals surface area contributed by atoms with Crippen molar-refractivity contribution in [3.05, 3.63) is 64.7 Å². The minimum absolute atomic E-state index is 0. The summed E-state index contributed by atoms with van der Waals surface area (Å²) in [5, 5.41) is 10.5. The fourth-order valence-electron chi connectivity index (χ4n) is 1.48. The first-order chi connectivity index (χ1) is 8.66. The third kappa shape index (κ3) is 3.92. The van der Waals surface area contributed by atoms with Crippen LogP contribution in [0.3, 0.4) is 0 Å².